The third kappa shape index (κ3) is 3.23. The number of aromatic nitrogens is 1. The minimum atomic E-state index is -0.507. The SMILES string of the molecule is Cc1cc(N)cnc1C(=O)OC(C)(C)C. The lowest BCUT2D eigenvalue weighted by molar-refractivity contribution is 0.00621. The molecule has 0 aliphatic rings. The van der Waals surface area contributed by atoms with Crippen molar-refractivity contribution in [3.63, 3.8) is 0 Å². The first-order valence-electron chi connectivity index (χ1n) is 4.75. The van der Waals surface area contributed by atoms with Crippen LogP contribution in [0.5, 0.6) is 0 Å². The van der Waals surface area contributed by atoms with Gasteiger partial charge in [0, 0.05) is 0 Å². The van der Waals surface area contributed by atoms with Crippen LogP contribution in [0.4, 0.5) is 5.69 Å². The zero-order chi connectivity index (χ0) is 11.6. The van der Waals surface area contributed by atoms with E-state index in [2.05, 4.69) is 4.98 Å². The summed E-state index contributed by atoms with van der Waals surface area (Å²) in [7, 11) is 0. The normalized spacial score (nSPS) is 11.2. The molecule has 0 amide bonds. The molecule has 1 aromatic heterocycles. The van der Waals surface area contributed by atoms with Gasteiger partial charge in [-0.1, -0.05) is 0 Å². The van der Waals surface area contributed by atoms with Crippen molar-refractivity contribution in [1.29, 1.82) is 0 Å². The second-order valence-electron chi connectivity index (χ2n) is 4.44. The Kier molecular flexibility index (Phi) is 2.98. The Hall–Kier alpha value is -1.58. The number of hydrogen-bond acceptors (Lipinski definition) is 4. The first-order valence-corrected chi connectivity index (χ1v) is 4.75. The molecule has 4 heteroatoms. The van der Waals surface area contributed by atoms with Crippen LogP contribution in [0.3, 0.4) is 0 Å². The molecule has 0 atom stereocenters. The minimum absolute atomic E-state index is 0.319. The third-order valence-corrected chi connectivity index (χ3v) is 1.69. The van der Waals surface area contributed by atoms with E-state index in [1.165, 1.54) is 6.20 Å². The molecule has 0 unspecified atom stereocenters. The summed E-state index contributed by atoms with van der Waals surface area (Å²) in [5.41, 5.74) is 6.62. The van der Waals surface area contributed by atoms with Gasteiger partial charge in [-0.2, -0.15) is 0 Å². The van der Waals surface area contributed by atoms with Crippen LogP contribution < -0.4 is 5.73 Å². The summed E-state index contributed by atoms with van der Waals surface area (Å²) in [5.74, 6) is -0.417. The van der Waals surface area contributed by atoms with Gasteiger partial charge >= 0.3 is 5.97 Å². The number of nitrogens with two attached hydrogens (primary N) is 1. The molecule has 0 aromatic carbocycles. The number of carbonyl (C=O) groups is 1. The molecule has 0 saturated carbocycles. The van der Waals surface area contributed by atoms with E-state index >= 15 is 0 Å². The highest BCUT2D eigenvalue weighted by molar-refractivity contribution is 5.89. The third-order valence-electron chi connectivity index (χ3n) is 1.69. The molecule has 15 heavy (non-hydrogen) atoms. The fraction of sp³-hybridized carbons (Fsp3) is 0.455. The quantitative estimate of drug-likeness (QED) is 0.716. The van der Waals surface area contributed by atoms with Crippen molar-refractivity contribution >= 4 is 11.7 Å². The Labute approximate surface area is 89.5 Å². The van der Waals surface area contributed by atoms with E-state index in [4.69, 9.17) is 10.5 Å². The van der Waals surface area contributed by atoms with Gasteiger partial charge in [0.25, 0.3) is 0 Å². The van der Waals surface area contributed by atoms with Gasteiger partial charge < -0.3 is 10.5 Å². The number of nitrogen functional groups attached to an aromatic ring is 1. The summed E-state index contributed by atoms with van der Waals surface area (Å²) in [4.78, 5) is 15.6. The highest BCUT2D eigenvalue weighted by Crippen LogP contribution is 2.14. The van der Waals surface area contributed by atoms with Crippen LogP contribution in [0.15, 0.2) is 12.3 Å². The molecule has 82 valence electrons. The van der Waals surface area contributed by atoms with Crippen molar-refractivity contribution in [3.8, 4) is 0 Å². The van der Waals surface area contributed by atoms with Gasteiger partial charge in [-0.25, -0.2) is 9.78 Å². The number of ether oxygens (including phenoxy) is 1. The highest BCUT2D eigenvalue weighted by Gasteiger charge is 2.20. The summed E-state index contributed by atoms with van der Waals surface area (Å²) in [6.45, 7) is 7.23. The Morgan fingerprint density at radius 2 is 2.07 bits per heavy atom. The fourth-order valence-corrected chi connectivity index (χ4v) is 1.14. The second kappa shape index (κ2) is 3.88. The summed E-state index contributed by atoms with van der Waals surface area (Å²) in [5, 5.41) is 0. The molecule has 1 rings (SSSR count). The maximum Gasteiger partial charge on any atom is 0.357 e. The minimum Gasteiger partial charge on any atom is -0.455 e. The van der Waals surface area contributed by atoms with Gasteiger partial charge in [0.05, 0.1) is 11.9 Å². The van der Waals surface area contributed by atoms with E-state index in [1.807, 2.05) is 20.8 Å². The molecule has 0 radical (unpaired) electrons. The van der Waals surface area contributed by atoms with Gasteiger partial charge in [-0.3, -0.25) is 0 Å². The largest absolute Gasteiger partial charge is 0.455 e. The van der Waals surface area contributed by atoms with Crippen LogP contribution in [0, 0.1) is 6.92 Å². The topological polar surface area (TPSA) is 65.2 Å². The molecule has 0 aliphatic heterocycles. The first-order chi connectivity index (χ1) is 6.79. The number of aryl methyl sites for hydroxylation is 1. The van der Waals surface area contributed by atoms with E-state index in [0.717, 1.165) is 5.56 Å². The highest BCUT2D eigenvalue weighted by atomic mass is 16.6. The van der Waals surface area contributed by atoms with Crippen molar-refractivity contribution in [3.05, 3.63) is 23.5 Å². The van der Waals surface area contributed by atoms with E-state index in [1.54, 1.807) is 13.0 Å². The number of nitrogens with zero attached hydrogens (tertiary/aromatic N) is 1. The number of carbonyl (C=O) groups excluding carboxylic acids is 1. The van der Waals surface area contributed by atoms with Crippen LogP contribution >= 0.6 is 0 Å². The number of esters is 1. The number of hydrogen-bond donors (Lipinski definition) is 1. The molecular weight excluding hydrogens is 192 g/mol. The summed E-state index contributed by atoms with van der Waals surface area (Å²) in [6.07, 6.45) is 1.45. The van der Waals surface area contributed by atoms with Gasteiger partial charge in [-0.05, 0) is 39.3 Å². The maximum atomic E-state index is 11.7. The van der Waals surface area contributed by atoms with Crippen molar-refractivity contribution in [2.24, 2.45) is 0 Å². The van der Waals surface area contributed by atoms with Crippen molar-refractivity contribution in [1.82, 2.24) is 4.98 Å². The number of pyridine rings is 1. The van der Waals surface area contributed by atoms with Gasteiger partial charge in [0.1, 0.15) is 5.60 Å². The van der Waals surface area contributed by atoms with E-state index in [9.17, 15) is 4.79 Å². The number of rotatable bonds is 1. The van der Waals surface area contributed by atoms with Crippen molar-refractivity contribution in [2.45, 2.75) is 33.3 Å². The molecule has 0 bridgehead atoms. The lowest BCUT2D eigenvalue weighted by Crippen LogP contribution is -2.25. The predicted octanol–water partition coefficient (Wildman–Crippen LogP) is 1.93. The molecule has 4 nitrogen and oxygen atoms in total. The lowest BCUT2D eigenvalue weighted by Gasteiger charge is -2.19. The molecule has 0 spiro atoms. The van der Waals surface area contributed by atoms with Crippen molar-refractivity contribution in [2.75, 3.05) is 5.73 Å². The summed E-state index contributed by atoms with van der Waals surface area (Å²) in [6, 6.07) is 1.70. The van der Waals surface area contributed by atoms with Crippen LogP contribution in [-0.2, 0) is 4.74 Å². The Bertz CT molecular complexity index is 381. The molecular formula is C11H16N2O2. The molecule has 0 saturated heterocycles. The zero-order valence-electron chi connectivity index (χ0n) is 9.50. The molecule has 0 fully saturated rings. The Morgan fingerprint density at radius 3 is 2.53 bits per heavy atom. The Morgan fingerprint density at radius 1 is 1.47 bits per heavy atom. The maximum absolute atomic E-state index is 11.7. The van der Waals surface area contributed by atoms with E-state index < -0.39 is 11.6 Å². The lowest BCUT2D eigenvalue weighted by atomic mass is 10.1. The van der Waals surface area contributed by atoms with Gasteiger partial charge in [-0.15, -0.1) is 0 Å². The molecule has 2 N–H and O–H groups in total. The molecule has 0 aliphatic carbocycles. The average Bonchev–Trinajstić information content (AvgIpc) is 1.99. The van der Waals surface area contributed by atoms with Crippen LogP contribution in [-0.4, -0.2) is 16.6 Å². The van der Waals surface area contributed by atoms with Crippen molar-refractivity contribution < 1.29 is 9.53 Å². The van der Waals surface area contributed by atoms with Crippen LogP contribution in [0.25, 0.3) is 0 Å². The first kappa shape index (κ1) is 11.5. The van der Waals surface area contributed by atoms with E-state index in [-0.39, 0.29) is 0 Å². The predicted molar refractivity (Wildman–Crippen MR) is 58.6 cm³/mol. The van der Waals surface area contributed by atoms with Crippen LogP contribution in [0.2, 0.25) is 0 Å². The summed E-state index contributed by atoms with van der Waals surface area (Å²) < 4.78 is 5.20. The number of anilines is 1. The molecule has 1 heterocycles. The standard InChI is InChI=1S/C11H16N2O2/c1-7-5-8(12)6-13-9(7)10(14)15-11(2,3)4/h5-6H,12H2,1-4H3. The van der Waals surface area contributed by atoms with Crippen LogP contribution in [0.1, 0.15) is 36.8 Å². The Balaban J connectivity index is 2.92. The van der Waals surface area contributed by atoms with E-state index in [0.29, 0.717) is 11.4 Å². The van der Waals surface area contributed by atoms with Gasteiger partial charge in [0.15, 0.2) is 5.69 Å². The second-order valence-corrected chi connectivity index (χ2v) is 4.44. The average molecular weight is 208 g/mol. The fourth-order valence-electron chi connectivity index (χ4n) is 1.14. The molecule has 1 aromatic rings. The monoisotopic (exact) mass is 208 g/mol. The smallest absolute Gasteiger partial charge is 0.357 e. The van der Waals surface area contributed by atoms with Gasteiger partial charge in [0.2, 0.25) is 0 Å². The summed E-state index contributed by atoms with van der Waals surface area (Å²) >= 11 is 0. The zero-order valence-corrected chi connectivity index (χ0v) is 9.50.